The first-order valence-electron chi connectivity index (χ1n) is 3.91. The van der Waals surface area contributed by atoms with Gasteiger partial charge in [-0.05, 0) is 0 Å². The first-order valence-corrected chi connectivity index (χ1v) is 3.91. The van der Waals surface area contributed by atoms with Crippen molar-refractivity contribution in [2.45, 2.75) is 0 Å². The van der Waals surface area contributed by atoms with E-state index in [1.165, 1.54) is 24.9 Å². The van der Waals surface area contributed by atoms with Gasteiger partial charge in [-0.1, -0.05) is 5.92 Å². The van der Waals surface area contributed by atoms with Crippen molar-refractivity contribution in [1.29, 1.82) is 0 Å². The van der Waals surface area contributed by atoms with E-state index in [9.17, 15) is 9.59 Å². The van der Waals surface area contributed by atoms with Gasteiger partial charge in [0.15, 0.2) is 0 Å². The zero-order valence-corrected chi connectivity index (χ0v) is 7.98. The van der Waals surface area contributed by atoms with Gasteiger partial charge in [0.2, 0.25) is 5.75 Å². The Balaban J connectivity index is 3.28. The molecule has 1 rings (SSSR count). The van der Waals surface area contributed by atoms with E-state index in [-0.39, 0.29) is 12.4 Å². The first-order chi connectivity index (χ1) is 6.57. The van der Waals surface area contributed by atoms with Crippen LogP contribution in [-0.2, 0) is 14.1 Å². The molecule has 0 atom stereocenters. The summed E-state index contributed by atoms with van der Waals surface area (Å²) in [6, 6.07) is 0. The molecule has 5 nitrogen and oxygen atoms in total. The Kier molecular flexibility index (Phi) is 2.77. The fourth-order valence-electron chi connectivity index (χ4n) is 0.994. The molecule has 0 N–H and O–H groups in total. The maximum atomic E-state index is 11.4. The van der Waals surface area contributed by atoms with Crippen molar-refractivity contribution >= 4 is 0 Å². The Hall–Kier alpha value is -1.96. The molecule has 0 bridgehead atoms. The number of terminal acetylenes is 1. The highest BCUT2D eigenvalue weighted by Gasteiger charge is 2.06. The smallest absolute Gasteiger partial charge is 0.330 e. The van der Waals surface area contributed by atoms with E-state index in [0.717, 1.165) is 4.57 Å². The standard InChI is InChI=1S/C9H10N2O3/c1-4-5-14-7-6-10(2)9(13)11(3)8(7)12/h1,6H,5H2,2-3H3. The first kappa shape index (κ1) is 10.1. The van der Waals surface area contributed by atoms with Crippen molar-refractivity contribution in [2.75, 3.05) is 6.61 Å². The monoisotopic (exact) mass is 194 g/mol. The van der Waals surface area contributed by atoms with Gasteiger partial charge in [-0.15, -0.1) is 6.42 Å². The van der Waals surface area contributed by atoms with Crippen LogP contribution < -0.4 is 16.0 Å². The summed E-state index contributed by atoms with van der Waals surface area (Å²) in [5.41, 5.74) is -0.883. The Morgan fingerprint density at radius 2 is 2.14 bits per heavy atom. The molecular formula is C9H10N2O3. The van der Waals surface area contributed by atoms with Crippen LogP contribution >= 0.6 is 0 Å². The minimum absolute atomic E-state index is 0.00738. The molecule has 14 heavy (non-hydrogen) atoms. The number of ether oxygens (including phenoxy) is 1. The molecule has 0 aromatic carbocycles. The third-order valence-electron chi connectivity index (χ3n) is 1.73. The molecule has 0 aliphatic carbocycles. The molecule has 5 heteroatoms. The van der Waals surface area contributed by atoms with Gasteiger partial charge >= 0.3 is 5.69 Å². The SMILES string of the molecule is C#CCOc1cn(C)c(=O)n(C)c1=O. The summed E-state index contributed by atoms with van der Waals surface area (Å²) < 4.78 is 7.19. The largest absolute Gasteiger partial charge is 0.474 e. The molecule has 0 saturated heterocycles. The molecule has 0 fully saturated rings. The second-order valence-corrected chi connectivity index (χ2v) is 2.74. The van der Waals surface area contributed by atoms with E-state index in [0.29, 0.717) is 0 Å². The molecule has 1 aromatic rings. The maximum Gasteiger partial charge on any atom is 0.330 e. The summed E-state index contributed by atoms with van der Waals surface area (Å²) >= 11 is 0. The quantitative estimate of drug-likeness (QED) is 0.573. The van der Waals surface area contributed by atoms with Crippen molar-refractivity contribution in [3.05, 3.63) is 27.0 Å². The van der Waals surface area contributed by atoms with Gasteiger partial charge < -0.3 is 4.74 Å². The Bertz CT molecular complexity index is 490. The maximum absolute atomic E-state index is 11.4. The Morgan fingerprint density at radius 1 is 1.50 bits per heavy atom. The van der Waals surface area contributed by atoms with Crippen molar-refractivity contribution in [2.24, 2.45) is 14.1 Å². The summed E-state index contributed by atoms with van der Waals surface area (Å²) in [5.74, 6) is 2.32. The van der Waals surface area contributed by atoms with Crippen molar-refractivity contribution in [3.8, 4) is 18.1 Å². The molecule has 1 heterocycles. The normalized spacial score (nSPS) is 9.50. The second-order valence-electron chi connectivity index (χ2n) is 2.74. The second kappa shape index (κ2) is 3.83. The fraction of sp³-hybridized carbons (Fsp3) is 0.333. The van der Waals surface area contributed by atoms with Gasteiger partial charge in [0.25, 0.3) is 5.56 Å². The summed E-state index contributed by atoms with van der Waals surface area (Å²) in [7, 11) is 2.91. The average molecular weight is 194 g/mol. The van der Waals surface area contributed by atoms with E-state index < -0.39 is 11.2 Å². The zero-order valence-electron chi connectivity index (χ0n) is 7.98. The molecule has 0 spiro atoms. The highest BCUT2D eigenvalue weighted by molar-refractivity contribution is 5.13. The van der Waals surface area contributed by atoms with Gasteiger partial charge in [0.1, 0.15) is 6.61 Å². The van der Waals surface area contributed by atoms with Crippen LogP contribution in [0.3, 0.4) is 0 Å². The van der Waals surface area contributed by atoms with Gasteiger partial charge in [-0.3, -0.25) is 13.9 Å². The van der Waals surface area contributed by atoms with Crippen LogP contribution in [0.2, 0.25) is 0 Å². The fourth-order valence-corrected chi connectivity index (χ4v) is 0.994. The minimum atomic E-state index is -0.483. The van der Waals surface area contributed by atoms with Crippen molar-refractivity contribution < 1.29 is 4.74 Å². The zero-order chi connectivity index (χ0) is 10.7. The number of rotatable bonds is 2. The highest BCUT2D eigenvalue weighted by Crippen LogP contribution is 1.97. The van der Waals surface area contributed by atoms with E-state index in [1.807, 2.05) is 0 Å². The molecule has 0 aliphatic rings. The summed E-state index contributed by atoms with van der Waals surface area (Å²) in [4.78, 5) is 22.6. The van der Waals surface area contributed by atoms with Crippen LogP contribution in [0.4, 0.5) is 0 Å². The summed E-state index contributed by atoms with van der Waals surface area (Å²) in [6.07, 6.45) is 6.30. The molecule has 0 radical (unpaired) electrons. The van der Waals surface area contributed by atoms with E-state index in [1.54, 1.807) is 0 Å². The van der Waals surface area contributed by atoms with Gasteiger partial charge in [0, 0.05) is 14.1 Å². The summed E-state index contributed by atoms with van der Waals surface area (Å²) in [5, 5.41) is 0. The third-order valence-corrected chi connectivity index (χ3v) is 1.73. The van der Waals surface area contributed by atoms with Crippen LogP contribution in [0.15, 0.2) is 15.8 Å². The molecule has 0 unspecified atom stereocenters. The lowest BCUT2D eigenvalue weighted by atomic mass is 10.5. The number of hydrogen-bond acceptors (Lipinski definition) is 3. The average Bonchev–Trinajstić information content (AvgIpc) is 2.18. The number of hydrogen-bond donors (Lipinski definition) is 0. The molecule has 74 valence electrons. The minimum Gasteiger partial charge on any atom is -0.474 e. The van der Waals surface area contributed by atoms with Gasteiger partial charge in [-0.2, -0.15) is 0 Å². The summed E-state index contributed by atoms with van der Waals surface area (Å²) in [6.45, 7) is 0.00738. The lowest BCUT2D eigenvalue weighted by Gasteiger charge is -2.05. The number of aryl methyl sites for hydroxylation is 1. The van der Waals surface area contributed by atoms with Crippen molar-refractivity contribution in [1.82, 2.24) is 9.13 Å². The molecule has 0 saturated carbocycles. The van der Waals surface area contributed by atoms with E-state index >= 15 is 0 Å². The molecule has 1 aromatic heterocycles. The molecule has 0 aliphatic heterocycles. The number of aromatic nitrogens is 2. The third kappa shape index (κ3) is 1.69. The van der Waals surface area contributed by atoms with Crippen LogP contribution in [0.1, 0.15) is 0 Å². The van der Waals surface area contributed by atoms with E-state index in [2.05, 4.69) is 5.92 Å². The topological polar surface area (TPSA) is 53.2 Å². The number of nitrogens with zero attached hydrogens (tertiary/aromatic N) is 2. The highest BCUT2D eigenvalue weighted by atomic mass is 16.5. The van der Waals surface area contributed by atoms with Crippen LogP contribution in [0, 0.1) is 12.3 Å². The Labute approximate surface area is 80.6 Å². The van der Waals surface area contributed by atoms with Gasteiger partial charge in [-0.25, -0.2) is 4.79 Å². The van der Waals surface area contributed by atoms with E-state index in [4.69, 9.17) is 11.2 Å². The predicted octanol–water partition coefficient (Wildman–Crippen LogP) is -0.904. The van der Waals surface area contributed by atoms with Gasteiger partial charge in [0.05, 0.1) is 6.20 Å². The molecule has 0 amide bonds. The lowest BCUT2D eigenvalue weighted by Crippen LogP contribution is -2.37. The lowest BCUT2D eigenvalue weighted by molar-refractivity contribution is 0.355. The van der Waals surface area contributed by atoms with Crippen LogP contribution in [0.25, 0.3) is 0 Å². The predicted molar refractivity (Wildman–Crippen MR) is 51.3 cm³/mol. The molecular weight excluding hydrogens is 184 g/mol. The van der Waals surface area contributed by atoms with Crippen LogP contribution in [0.5, 0.6) is 5.75 Å². The van der Waals surface area contributed by atoms with Crippen molar-refractivity contribution in [3.63, 3.8) is 0 Å². The van der Waals surface area contributed by atoms with Crippen LogP contribution in [-0.4, -0.2) is 15.7 Å². The Morgan fingerprint density at radius 3 is 2.71 bits per heavy atom.